The molecule has 90 valence electrons. The lowest BCUT2D eigenvalue weighted by Gasteiger charge is -1.90. The van der Waals surface area contributed by atoms with Gasteiger partial charge < -0.3 is 5.73 Å². The Hall–Kier alpha value is -1.07. The molecule has 0 saturated heterocycles. The molecule has 2 heteroatoms. The van der Waals surface area contributed by atoms with Crippen molar-refractivity contribution in [2.45, 2.75) is 27.7 Å². The average Bonchev–Trinajstić information content (AvgIpc) is 2.26. The summed E-state index contributed by atoms with van der Waals surface area (Å²) in [5.41, 5.74) is 8.36. The van der Waals surface area contributed by atoms with Gasteiger partial charge in [-0.2, -0.15) is 0 Å². The van der Waals surface area contributed by atoms with Crippen molar-refractivity contribution in [3.63, 3.8) is 0 Å². The highest BCUT2D eigenvalue weighted by Gasteiger charge is 1.80. The lowest BCUT2D eigenvalue weighted by molar-refractivity contribution is 1.39. The number of nitrogens with two attached hydrogens (primary N) is 1. The molecule has 1 rings (SSSR count). The minimum atomic E-state index is 0.816. The number of anilines is 1. The zero-order valence-corrected chi connectivity index (χ0v) is 12.0. The van der Waals surface area contributed by atoms with Gasteiger partial charge in [-0.05, 0) is 31.3 Å². The van der Waals surface area contributed by atoms with Crippen molar-refractivity contribution in [2.24, 2.45) is 0 Å². The zero-order valence-electron chi connectivity index (χ0n) is 10.9. The Kier molecular flexibility index (Phi) is 11.3. The largest absolute Gasteiger partial charge is 0.399 e. The minimum Gasteiger partial charge on any atom is -0.399 e. The first kappa shape index (κ1) is 17.3. The summed E-state index contributed by atoms with van der Waals surface area (Å²) < 4.78 is 0. The molecule has 0 amide bonds. The smallest absolute Gasteiger partial charge is 0.0314 e. The second kappa shape index (κ2) is 10.4. The van der Waals surface area contributed by atoms with Gasteiger partial charge in [0.15, 0.2) is 0 Å². The van der Waals surface area contributed by atoms with E-state index in [4.69, 9.17) is 5.73 Å². The lowest BCUT2D eigenvalue weighted by Crippen LogP contribution is -1.89. The molecule has 0 fully saturated rings. The van der Waals surface area contributed by atoms with Crippen LogP contribution < -0.4 is 11.0 Å². The molecule has 1 aromatic rings. The van der Waals surface area contributed by atoms with Crippen molar-refractivity contribution in [3.05, 3.63) is 48.6 Å². The van der Waals surface area contributed by atoms with Gasteiger partial charge in [-0.15, -0.1) is 9.24 Å². The van der Waals surface area contributed by atoms with Crippen LogP contribution in [0.5, 0.6) is 0 Å². The van der Waals surface area contributed by atoms with Crippen molar-refractivity contribution in [2.75, 3.05) is 5.73 Å². The van der Waals surface area contributed by atoms with Crippen LogP contribution in [0.25, 0.3) is 0 Å². The predicted molar refractivity (Wildman–Crippen MR) is 81.2 cm³/mol. The van der Waals surface area contributed by atoms with E-state index in [1.807, 2.05) is 52.0 Å². The summed E-state index contributed by atoms with van der Waals surface area (Å²) >= 11 is 0. The van der Waals surface area contributed by atoms with Crippen molar-refractivity contribution in [1.29, 1.82) is 0 Å². The van der Waals surface area contributed by atoms with E-state index >= 15 is 0 Å². The SMILES string of the molecule is C=C(C)C(=C)C.CC.Nc1ccc(P)cc1. The van der Waals surface area contributed by atoms with Crippen molar-refractivity contribution in [3.8, 4) is 0 Å². The maximum absolute atomic E-state index is 5.42. The minimum absolute atomic E-state index is 0.816. The van der Waals surface area contributed by atoms with E-state index in [2.05, 4.69) is 22.4 Å². The summed E-state index contributed by atoms with van der Waals surface area (Å²) in [4.78, 5) is 0. The van der Waals surface area contributed by atoms with Crippen LogP contribution in [0.4, 0.5) is 5.69 Å². The Bertz CT molecular complexity index is 279. The summed E-state index contributed by atoms with van der Waals surface area (Å²) in [5, 5.41) is 1.17. The number of hydrogen-bond acceptors (Lipinski definition) is 1. The molecule has 0 radical (unpaired) electrons. The van der Waals surface area contributed by atoms with Gasteiger partial charge >= 0.3 is 0 Å². The van der Waals surface area contributed by atoms with Crippen molar-refractivity contribution in [1.82, 2.24) is 0 Å². The Labute approximate surface area is 103 Å². The molecule has 0 bridgehead atoms. The summed E-state index contributed by atoms with van der Waals surface area (Å²) in [6.45, 7) is 15.2. The molecule has 0 heterocycles. The molecule has 0 aliphatic heterocycles. The fourth-order valence-electron chi connectivity index (χ4n) is 0.496. The van der Waals surface area contributed by atoms with E-state index in [-0.39, 0.29) is 0 Å². The molecule has 0 saturated carbocycles. The van der Waals surface area contributed by atoms with Crippen LogP contribution in [0, 0.1) is 0 Å². The topological polar surface area (TPSA) is 26.0 Å². The molecule has 2 N–H and O–H groups in total. The zero-order chi connectivity index (χ0) is 13.1. The van der Waals surface area contributed by atoms with E-state index in [0.29, 0.717) is 0 Å². The number of allylic oxidation sites excluding steroid dienone is 2. The number of benzene rings is 1. The monoisotopic (exact) mass is 237 g/mol. The molecule has 1 atom stereocenters. The third-order valence-electron chi connectivity index (χ3n) is 1.67. The van der Waals surface area contributed by atoms with Gasteiger partial charge in [-0.1, -0.05) is 50.3 Å². The molecule has 0 spiro atoms. The van der Waals surface area contributed by atoms with E-state index in [1.165, 1.54) is 5.30 Å². The Morgan fingerprint density at radius 3 is 1.50 bits per heavy atom. The molecule has 1 aromatic carbocycles. The highest BCUT2D eigenvalue weighted by Crippen LogP contribution is 1.98. The first-order chi connectivity index (χ1) is 7.43. The average molecular weight is 237 g/mol. The molecule has 16 heavy (non-hydrogen) atoms. The molecule has 1 nitrogen and oxygen atoms in total. The van der Waals surface area contributed by atoms with Crippen LogP contribution in [-0.4, -0.2) is 0 Å². The highest BCUT2D eigenvalue weighted by atomic mass is 31.0. The third kappa shape index (κ3) is 11.0. The number of rotatable bonds is 1. The van der Waals surface area contributed by atoms with Crippen molar-refractivity contribution < 1.29 is 0 Å². The highest BCUT2D eigenvalue weighted by molar-refractivity contribution is 7.27. The van der Waals surface area contributed by atoms with Gasteiger partial charge in [0.1, 0.15) is 0 Å². The Balaban J connectivity index is 0. The number of hydrogen-bond donors (Lipinski definition) is 1. The Morgan fingerprint density at radius 2 is 1.31 bits per heavy atom. The standard InChI is InChI=1S/C6H8NP.C6H10.C2H6/c7-5-1-3-6(8)4-2-5;1-5(2)6(3)4;1-2/h1-4H,7-8H2;1,3H2,2,4H3;1-2H3. The van der Waals surface area contributed by atoms with Crippen LogP contribution >= 0.6 is 9.24 Å². The fraction of sp³-hybridized carbons (Fsp3) is 0.286. The van der Waals surface area contributed by atoms with E-state index in [0.717, 1.165) is 16.8 Å². The van der Waals surface area contributed by atoms with Crippen LogP contribution in [0.3, 0.4) is 0 Å². The van der Waals surface area contributed by atoms with E-state index in [1.54, 1.807) is 0 Å². The van der Waals surface area contributed by atoms with Crippen LogP contribution in [0.2, 0.25) is 0 Å². The summed E-state index contributed by atoms with van der Waals surface area (Å²) in [6, 6.07) is 7.67. The second-order valence-electron chi connectivity index (χ2n) is 3.23. The van der Waals surface area contributed by atoms with Crippen molar-refractivity contribution >= 4 is 20.2 Å². The van der Waals surface area contributed by atoms with Crippen LogP contribution in [0.1, 0.15) is 27.7 Å². The first-order valence-corrected chi connectivity index (χ1v) is 5.93. The molecular formula is C14H24NP. The van der Waals surface area contributed by atoms with Gasteiger partial charge in [0, 0.05) is 5.69 Å². The maximum Gasteiger partial charge on any atom is 0.0314 e. The fourth-order valence-corrected chi connectivity index (χ4v) is 0.688. The summed E-state index contributed by atoms with van der Waals surface area (Å²) in [5.74, 6) is 0. The quantitative estimate of drug-likeness (QED) is 0.447. The lowest BCUT2D eigenvalue weighted by atomic mass is 10.2. The summed E-state index contributed by atoms with van der Waals surface area (Å²) in [6.07, 6.45) is 0. The van der Waals surface area contributed by atoms with Crippen LogP contribution in [0.15, 0.2) is 48.6 Å². The predicted octanol–water partition coefficient (Wildman–Crippen LogP) is 3.93. The second-order valence-corrected chi connectivity index (χ2v) is 3.89. The van der Waals surface area contributed by atoms with Crippen LogP contribution in [-0.2, 0) is 0 Å². The molecular weight excluding hydrogens is 213 g/mol. The van der Waals surface area contributed by atoms with E-state index < -0.39 is 0 Å². The normalized spacial score (nSPS) is 7.81. The summed E-state index contributed by atoms with van der Waals surface area (Å²) in [7, 11) is 2.60. The van der Waals surface area contributed by atoms with Gasteiger partial charge in [0.25, 0.3) is 0 Å². The van der Waals surface area contributed by atoms with Gasteiger partial charge in [0.05, 0.1) is 0 Å². The third-order valence-corrected chi connectivity index (χ3v) is 2.05. The first-order valence-electron chi connectivity index (χ1n) is 5.36. The van der Waals surface area contributed by atoms with Gasteiger partial charge in [-0.3, -0.25) is 0 Å². The van der Waals surface area contributed by atoms with Gasteiger partial charge in [-0.25, -0.2) is 0 Å². The molecule has 0 aromatic heterocycles. The maximum atomic E-state index is 5.42. The molecule has 0 aliphatic rings. The molecule has 1 unspecified atom stereocenters. The number of nitrogen functional groups attached to an aromatic ring is 1. The van der Waals surface area contributed by atoms with E-state index in [9.17, 15) is 0 Å². The Morgan fingerprint density at radius 1 is 1.00 bits per heavy atom. The molecule has 0 aliphatic carbocycles. The van der Waals surface area contributed by atoms with Gasteiger partial charge in [0.2, 0.25) is 0 Å².